The quantitative estimate of drug-likeness (QED) is 0.749. The molecule has 0 fully saturated rings. The highest BCUT2D eigenvalue weighted by atomic mass is 19.1. The lowest BCUT2D eigenvalue weighted by Crippen LogP contribution is -2.13. The van der Waals surface area contributed by atoms with Crippen LogP contribution in [0.15, 0.2) is 24.4 Å². The molecule has 1 aromatic heterocycles. The Morgan fingerprint density at radius 2 is 2.17 bits per heavy atom. The highest BCUT2D eigenvalue weighted by Crippen LogP contribution is 2.15. The third-order valence-electron chi connectivity index (χ3n) is 2.11. The molecule has 2 rings (SSSR count). The third-order valence-corrected chi connectivity index (χ3v) is 2.11. The lowest BCUT2D eigenvalue weighted by atomic mass is 10.2. The Morgan fingerprint density at radius 1 is 1.39 bits per heavy atom. The number of H-pyrrole nitrogens is 1. The Bertz CT molecular complexity index is 597. The average Bonchev–Trinajstić information content (AvgIpc) is 2.81. The predicted molar refractivity (Wildman–Crippen MR) is 57.7 cm³/mol. The minimum absolute atomic E-state index is 0.0396. The molecule has 2 aromatic rings. The van der Waals surface area contributed by atoms with Gasteiger partial charge in [-0.05, 0) is 18.2 Å². The lowest BCUT2D eigenvalue weighted by Gasteiger charge is -2.04. The number of aromatic nitrogens is 3. The summed E-state index contributed by atoms with van der Waals surface area (Å²) in [6.45, 7) is 0. The van der Waals surface area contributed by atoms with Crippen molar-refractivity contribution < 1.29 is 19.1 Å². The van der Waals surface area contributed by atoms with Crippen LogP contribution < -0.4 is 5.32 Å². The molecule has 0 aliphatic heterocycles. The van der Waals surface area contributed by atoms with Gasteiger partial charge >= 0.3 is 5.97 Å². The molecule has 0 unspecified atom stereocenters. The Kier molecular flexibility index (Phi) is 3.00. The van der Waals surface area contributed by atoms with Gasteiger partial charge in [0.1, 0.15) is 5.82 Å². The normalized spacial score (nSPS) is 10.1. The van der Waals surface area contributed by atoms with Crippen LogP contribution in [0.1, 0.15) is 20.8 Å². The number of halogens is 1. The largest absolute Gasteiger partial charge is 0.478 e. The van der Waals surface area contributed by atoms with E-state index in [1.165, 1.54) is 12.3 Å². The molecule has 0 atom stereocenters. The van der Waals surface area contributed by atoms with Crippen molar-refractivity contribution in [3.8, 4) is 0 Å². The van der Waals surface area contributed by atoms with Gasteiger partial charge in [0.05, 0.1) is 11.8 Å². The number of carboxylic acid groups (broad SMARTS) is 1. The van der Waals surface area contributed by atoms with Crippen molar-refractivity contribution in [2.45, 2.75) is 0 Å². The average molecular weight is 250 g/mol. The number of hydrogen-bond acceptors (Lipinski definition) is 4. The molecule has 0 radical (unpaired) electrons. The molecule has 0 aliphatic rings. The predicted octanol–water partition coefficient (Wildman–Crippen LogP) is 0.894. The van der Waals surface area contributed by atoms with Gasteiger partial charge in [-0.15, -0.1) is 0 Å². The van der Waals surface area contributed by atoms with Crippen LogP contribution in [0.2, 0.25) is 0 Å². The number of anilines is 1. The first-order valence-corrected chi connectivity index (χ1v) is 4.78. The summed E-state index contributed by atoms with van der Waals surface area (Å²) >= 11 is 0. The summed E-state index contributed by atoms with van der Waals surface area (Å²) < 4.78 is 13.3. The number of benzene rings is 1. The van der Waals surface area contributed by atoms with Crippen LogP contribution in [-0.2, 0) is 0 Å². The van der Waals surface area contributed by atoms with Gasteiger partial charge in [0.2, 0.25) is 0 Å². The molecule has 8 heteroatoms. The number of nitrogens with zero attached hydrogens (tertiary/aromatic N) is 2. The van der Waals surface area contributed by atoms with Crippen LogP contribution in [0.4, 0.5) is 10.1 Å². The fourth-order valence-corrected chi connectivity index (χ4v) is 1.27. The van der Waals surface area contributed by atoms with E-state index >= 15 is 0 Å². The van der Waals surface area contributed by atoms with E-state index in [4.69, 9.17) is 5.11 Å². The molecule has 3 N–H and O–H groups in total. The zero-order chi connectivity index (χ0) is 13.1. The van der Waals surface area contributed by atoms with Crippen molar-refractivity contribution in [3.63, 3.8) is 0 Å². The second-order valence-electron chi connectivity index (χ2n) is 3.31. The van der Waals surface area contributed by atoms with Crippen molar-refractivity contribution >= 4 is 17.6 Å². The highest BCUT2D eigenvalue weighted by molar-refractivity contribution is 6.02. The number of carbonyl (C=O) groups is 2. The molecule has 0 saturated carbocycles. The Morgan fingerprint density at radius 3 is 2.72 bits per heavy atom. The molecule has 0 bridgehead atoms. The van der Waals surface area contributed by atoms with E-state index in [0.717, 1.165) is 12.1 Å². The Labute approximate surface area is 99.6 Å². The van der Waals surface area contributed by atoms with Gasteiger partial charge in [-0.3, -0.25) is 4.79 Å². The van der Waals surface area contributed by atoms with Gasteiger partial charge in [0, 0.05) is 5.69 Å². The van der Waals surface area contributed by atoms with E-state index in [-0.39, 0.29) is 11.4 Å². The third kappa shape index (κ3) is 2.32. The summed E-state index contributed by atoms with van der Waals surface area (Å²) in [4.78, 5) is 22.1. The van der Waals surface area contributed by atoms with E-state index in [2.05, 4.69) is 20.7 Å². The molecular weight excluding hydrogens is 243 g/mol. The number of rotatable bonds is 3. The molecule has 92 valence electrons. The maximum Gasteiger partial charge on any atom is 0.338 e. The SMILES string of the molecule is O=C(Nc1ccc(C(=O)O)c(F)c1)c1cn[nH]n1. The standard InChI is InChI=1S/C10H7FN4O3/c11-7-3-5(1-2-6(7)10(17)18)13-9(16)8-4-12-15-14-8/h1-4H,(H,13,16)(H,17,18)(H,12,14,15). The number of carboxylic acids is 1. The van der Waals surface area contributed by atoms with Gasteiger partial charge in [-0.1, -0.05) is 0 Å². The van der Waals surface area contributed by atoms with Gasteiger partial charge < -0.3 is 10.4 Å². The van der Waals surface area contributed by atoms with E-state index < -0.39 is 23.3 Å². The van der Waals surface area contributed by atoms with Crippen LogP contribution in [0, 0.1) is 5.82 Å². The van der Waals surface area contributed by atoms with E-state index in [0.29, 0.717) is 0 Å². The maximum atomic E-state index is 13.3. The smallest absolute Gasteiger partial charge is 0.338 e. The summed E-state index contributed by atoms with van der Waals surface area (Å²) in [5.74, 6) is -2.88. The number of carbonyl (C=O) groups excluding carboxylic acids is 1. The van der Waals surface area contributed by atoms with Crippen LogP contribution in [0.5, 0.6) is 0 Å². The molecule has 18 heavy (non-hydrogen) atoms. The van der Waals surface area contributed by atoms with Gasteiger partial charge in [-0.25, -0.2) is 9.18 Å². The van der Waals surface area contributed by atoms with Crippen LogP contribution in [0.25, 0.3) is 0 Å². The number of hydrogen-bond donors (Lipinski definition) is 3. The fraction of sp³-hybridized carbons (Fsp3) is 0. The summed E-state index contributed by atoms with van der Waals surface area (Å²) in [5.41, 5.74) is -0.294. The maximum absolute atomic E-state index is 13.3. The first-order chi connectivity index (χ1) is 8.58. The molecule has 0 saturated heterocycles. The fourth-order valence-electron chi connectivity index (χ4n) is 1.27. The Balaban J connectivity index is 2.18. The second kappa shape index (κ2) is 4.62. The monoisotopic (exact) mass is 250 g/mol. The van der Waals surface area contributed by atoms with Crippen molar-refractivity contribution in [2.24, 2.45) is 0 Å². The minimum atomic E-state index is -1.37. The number of aromatic amines is 1. The molecule has 0 aliphatic carbocycles. The van der Waals surface area contributed by atoms with Crippen molar-refractivity contribution in [1.82, 2.24) is 15.4 Å². The molecule has 1 aromatic carbocycles. The van der Waals surface area contributed by atoms with Crippen LogP contribution >= 0.6 is 0 Å². The number of aromatic carboxylic acids is 1. The zero-order valence-corrected chi connectivity index (χ0v) is 8.85. The summed E-state index contributed by atoms with van der Waals surface area (Å²) in [5, 5.41) is 20.3. The lowest BCUT2D eigenvalue weighted by molar-refractivity contribution is 0.0692. The van der Waals surface area contributed by atoms with E-state index in [9.17, 15) is 14.0 Å². The molecule has 1 heterocycles. The van der Waals surface area contributed by atoms with Gasteiger partial charge in [0.15, 0.2) is 5.69 Å². The highest BCUT2D eigenvalue weighted by Gasteiger charge is 2.13. The topological polar surface area (TPSA) is 108 Å². The van der Waals surface area contributed by atoms with Crippen molar-refractivity contribution in [1.29, 1.82) is 0 Å². The molecular formula is C10H7FN4O3. The minimum Gasteiger partial charge on any atom is -0.478 e. The molecule has 0 spiro atoms. The van der Waals surface area contributed by atoms with E-state index in [1.807, 2.05) is 0 Å². The van der Waals surface area contributed by atoms with Gasteiger partial charge in [0.25, 0.3) is 5.91 Å². The second-order valence-corrected chi connectivity index (χ2v) is 3.31. The van der Waals surface area contributed by atoms with Gasteiger partial charge in [-0.2, -0.15) is 15.4 Å². The summed E-state index contributed by atoms with van der Waals surface area (Å²) in [7, 11) is 0. The van der Waals surface area contributed by atoms with Crippen LogP contribution in [-0.4, -0.2) is 32.4 Å². The zero-order valence-electron chi connectivity index (χ0n) is 8.85. The van der Waals surface area contributed by atoms with E-state index in [1.54, 1.807) is 0 Å². The first kappa shape index (κ1) is 11.7. The summed E-state index contributed by atoms with van der Waals surface area (Å²) in [6.07, 6.45) is 1.21. The number of amides is 1. The molecule has 1 amide bonds. The van der Waals surface area contributed by atoms with Crippen LogP contribution in [0.3, 0.4) is 0 Å². The summed E-state index contributed by atoms with van der Waals surface area (Å²) in [6, 6.07) is 3.27. The first-order valence-electron chi connectivity index (χ1n) is 4.78. The number of nitrogens with one attached hydrogen (secondary N) is 2. The Hall–Kier alpha value is -2.77. The molecule has 7 nitrogen and oxygen atoms in total. The van der Waals surface area contributed by atoms with Crippen molar-refractivity contribution in [2.75, 3.05) is 5.32 Å². The van der Waals surface area contributed by atoms with Crippen molar-refractivity contribution in [3.05, 3.63) is 41.5 Å².